The van der Waals surface area contributed by atoms with Crippen LogP contribution >= 0.6 is 23.1 Å². The molecule has 1 fully saturated rings. The molecule has 0 aliphatic carbocycles. The molecule has 2 N–H and O–H groups in total. The second-order valence-electron chi connectivity index (χ2n) is 6.75. The lowest BCUT2D eigenvalue weighted by molar-refractivity contribution is -0.118. The van der Waals surface area contributed by atoms with E-state index in [0.29, 0.717) is 16.6 Å². The number of rotatable bonds is 9. The van der Waals surface area contributed by atoms with Gasteiger partial charge in [0.15, 0.2) is 4.34 Å². The molecule has 162 valence electrons. The number of piperazine rings is 1. The first-order chi connectivity index (χ1) is 14.5. The summed E-state index contributed by atoms with van der Waals surface area (Å²) in [5.41, 5.74) is 0.473. The largest absolute Gasteiger partial charge is 0.354 e. The standard InChI is InChI=1S/C19H25FN6O2S2/c1-2-25-9-11-26(12-10-25)8-7-21-16(27)13-29-19-24-23-18(30-19)17(28)22-15-5-3-14(20)4-6-15/h3-6H,2,7-13H2,1H3,(H,21,27)(H,22,28). The maximum Gasteiger partial charge on any atom is 0.286 e. The minimum absolute atomic E-state index is 0.0697. The zero-order chi connectivity index (χ0) is 21.3. The van der Waals surface area contributed by atoms with Gasteiger partial charge in [-0.15, -0.1) is 10.2 Å². The van der Waals surface area contributed by atoms with Crippen molar-refractivity contribution in [1.29, 1.82) is 0 Å². The molecular weight excluding hydrogens is 427 g/mol. The molecule has 1 aromatic heterocycles. The van der Waals surface area contributed by atoms with E-state index in [1.165, 1.54) is 36.0 Å². The summed E-state index contributed by atoms with van der Waals surface area (Å²) in [4.78, 5) is 29.0. The number of thioether (sulfide) groups is 1. The molecule has 30 heavy (non-hydrogen) atoms. The number of carbonyl (C=O) groups excluding carboxylic acids is 2. The summed E-state index contributed by atoms with van der Waals surface area (Å²) in [6.45, 7) is 8.95. The smallest absolute Gasteiger partial charge is 0.286 e. The Bertz CT molecular complexity index is 840. The van der Waals surface area contributed by atoms with Crippen molar-refractivity contribution in [1.82, 2.24) is 25.3 Å². The normalized spacial score (nSPS) is 15.1. The van der Waals surface area contributed by atoms with Crippen molar-refractivity contribution in [3.05, 3.63) is 35.1 Å². The quantitative estimate of drug-likeness (QED) is 0.561. The molecular formula is C19H25FN6O2S2. The van der Waals surface area contributed by atoms with Crippen LogP contribution in [0.5, 0.6) is 0 Å². The van der Waals surface area contributed by atoms with Crippen molar-refractivity contribution in [2.75, 3.05) is 56.9 Å². The molecule has 0 spiro atoms. The molecule has 0 bridgehead atoms. The predicted molar refractivity (Wildman–Crippen MR) is 117 cm³/mol. The average Bonchev–Trinajstić information content (AvgIpc) is 3.24. The molecule has 8 nitrogen and oxygen atoms in total. The summed E-state index contributed by atoms with van der Waals surface area (Å²) in [5.74, 6) is -0.643. The Kier molecular flexibility index (Phi) is 8.55. The molecule has 0 radical (unpaired) electrons. The summed E-state index contributed by atoms with van der Waals surface area (Å²) in [5, 5.41) is 13.6. The van der Waals surface area contributed by atoms with Gasteiger partial charge in [0.25, 0.3) is 5.91 Å². The lowest BCUT2D eigenvalue weighted by Gasteiger charge is -2.33. The first kappa shape index (κ1) is 22.6. The van der Waals surface area contributed by atoms with E-state index in [4.69, 9.17) is 0 Å². The Morgan fingerprint density at radius 3 is 2.53 bits per heavy atom. The van der Waals surface area contributed by atoms with Gasteiger partial charge in [-0.2, -0.15) is 0 Å². The number of carbonyl (C=O) groups is 2. The zero-order valence-corrected chi connectivity index (χ0v) is 18.4. The molecule has 1 saturated heterocycles. The number of nitrogens with one attached hydrogen (secondary N) is 2. The molecule has 2 amide bonds. The van der Waals surface area contributed by atoms with E-state index in [-0.39, 0.29) is 22.5 Å². The topological polar surface area (TPSA) is 90.5 Å². The minimum atomic E-state index is -0.418. The van der Waals surface area contributed by atoms with Gasteiger partial charge in [0.2, 0.25) is 10.9 Å². The van der Waals surface area contributed by atoms with Gasteiger partial charge in [0.05, 0.1) is 5.75 Å². The number of amides is 2. The van der Waals surface area contributed by atoms with Crippen LogP contribution in [-0.4, -0.2) is 83.4 Å². The molecule has 2 heterocycles. The van der Waals surface area contributed by atoms with E-state index >= 15 is 0 Å². The minimum Gasteiger partial charge on any atom is -0.354 e. The molecule has 1 aliphatic rings. The van der Waals surface area contributed by atoms with Gasteiger partial charge in [0, 0.05) is 45.0 Å². The molecule has 0 unspecified atom stereocenters. The van der Waals surface area contributed by atoms with Gasteiger partial charge in [-0.1, -0.05) is 30.0 Å². The molecule has 1 aromatic carbocycles. The average molecular weight is 453 g/mol. The first-order valence-electron chi connectivity index (χ1n) is 9.78. The van der Waals surface area contributed by atoms with Crippen LogP contribution in [0.3, 0.4) is 0 Å². The highest BCUT2D eigenvalue weighted by molar-refractivity contribution is 8.01. The van der Waals surface area contributed by atoms with Crippen molar-refractivity contribution >= 4 is 40.6 Å². The highest BCUT2D eigenvalue weighted by atomic mass is 32.2. The maximum atomic E-state index is 12.9. The van der Waals surface area contributed by atoms with E-state index in [1.807, 2.05) is 0 Å². The third kappa shape index (κ3) is 7.01. The van der Waals surface area contributed by atoms with E-state index in [9.17, 15) is 14.0 Å². The summed E-state index contributed by atoms with van der Waals surface area (Å²) in [6.07, 6.45) is 0. The Morgan fingerprint density at radius 2 is 1.83 bits per heavy atom. The molecule has 0 atom stereocenters. The lowest BCUT2D eigenvalue weighted by Crippen LogP contribution is -2.48. The number of halogens is 1. The summed E-state index contributed by atoms with van der Waals surface area (Å²) >= 11 is 2.36. The number of benzene rings is 1. The summed E-state index contributed by atoms with van der Waals surface area (Å²) in [7, 11) is 0. The van der Waals surface area contributed by atoms with Crippen LogP contribution in [0.15, 0.2) is 28.6 Å². The van der Waals surface area contributed by atoms with Crippen LogP contribution in [-0.2, 0) is 4.79 Å². The van der Waals surface area contributed by atoms with Gasteiger partial charge in [-0.3, -0.25) is 14.5 Å². The Labute approximate surface area is 183 Å². The van der Waals surface area contributed by atoms with Crippen molar-refractivity contribution in [2.45, 2.75) is 11.3 Å². The number of likely N-dealkylation sites (N-methyl/N-ethyl adjacent to an activating group) is 1. The second-order valence-corrected chi connectivity index (χ2v) is 8.95. The van der Waals surface area contributed by atoms with Crippen molar-refractivity contribution in [3.63, 3.8) is 0 Å². The maximum absolute atomic E-state index is 12.9. The van der Waals surface area contributed by atoms with Gasteiger partial charge in [-0.05, 0) is 30.8 Å². The van der Waals surface area contributed by atoms with Gasteiger partial charge in [-0.25, -0.2) is 4.39 Å². The highest BCUT2D eigenvalue weighted by Crippen LogP contribution is 2.23. The Balaban J connectivity index is 1.35. The second kappa shape index (κ2) is 11.3. The van der Waals surface area contributed by atoms with Crippen LogP contribution < -0.4 is 10.6 Å². The number of hydrogen-bond donors (Lipinski definition) is 2. The summed E-state index contributed by atoms with van der Waals surface area (Å²) in [6, 6.07) is 5.47. The van der Waals surface area contributed by atoms with E-state index in [0.717, 1.165) is 50.6 Å². The lowest BCUT2D eigenvalue weighted by atomic mass is 10.3. The molecule has 3 rings (SSSR count). The van der Waals surface area contributed by atoms with Crippen LogP contribution in [0.1, 0.15) is 16.7 Å². The van der Waals surface area contributed by atoms with Gasteiger partial charge in [0.1, 0.15) is 5.82 Å². The predicted octanol–water partition coefficient (Wildman–Crippen LogP) is 1.78. The fourth-order valence-corrected chi connectivity index (χ4v) is 4.52. The SMILES string of the molecule is CCN1CCN(CCNC(=O)CSc2nnc(C(=O)Nc3ccc(F)cc3)s2)CC1. The van der Waals surface area contributed by atoms with E-state index < -0.39 is 5.91 Å². The zero-order valence-electron chi connectivity index (χ0n) is 16.8. The molecule has 11 heteroatoms. The fraction of sp³-hybridized carbons (Fsp3) is 0.474. The molecule has 0 saturated carbocycles. The van der Waals surface area contributed by atoms with Crippen LogP contribution in [0, 0.1) is 5.82 Å². The molecule has 2 aromatic rings. The Morgan fingerprint density at radius 1 is 1.13 bits per heavy atom. The van der Waals surface area contributed by atoms with Gasteiger partial charge >= 0.3 is 0 Å². The van der Waals surface area contributed by atoms with Crippen molar-refractivity contribution < 1.29 is 14.0 Å². The van der Waals surface area contributed by atoms with Crippen molar-refractivity contribution in [3.8, 4) is 0 Å². The highest BCUT2D eigenvalue weighted by Gasteiger charge is 2.16. The van der Waals surface area contributed by atoms with Crippen molar-refractivity contribution in [2.24, 2.45) is 0 Å². The Hall–Kier alpha value is -2.08. The van der Waals surface area contributed by atoms with Crippen LogP contribution in [0.2, 0.25) is 0 Å². The van der Waals surface area contributed by atoms with E-state index in [2.05, 4.69) is 37.6 Å². The third-order valence-corrected chi connectivity index (χ3v) is 6.75. The van der Waals surface area contributed by atoms with Gasteiger partial charge < -0.3 is 15.5 Å². The van der Waals surface area contributed by atoms with Crippen LogP contribution in [0.4, 0.5) is 10.1 Å². The monoisotopic (exact) mass is 452 g/mol. The van der Waals surface area contributed by atoms with Crippen LogP contribution in [0.25, 0.3) is 0 Å². The van der Waals surface area contributed by atoms with E-state index in [1.54, 1.807) is 0 Å². The number of nitrogens with zero attached hydrogens (tertiary/aromatic N) is 4. The number of hydrogen-bond acceptors (Lipinski definition) is 8. The first-order valence-corrected chi connectivity index (χ1v) is 11.6. The molecule has 1 aliphatic heterocycles. The fourth-order valence-electron chi connectivity index (χ4n) is 2.94. The third-order valence-electron chi connectivity index (χ3n) is 4.69. The number of anilines is 1. The number of aromatic nitrogens is 2. The summed E-state index contributed by atoms with van der Waals surface area (Å²) < 4.78 is 13.5.